The van der Waals surface area contributed by atoms with Gasteiger partial charge in [0.1, 0.15) is 0 Å². The molecule has 2 aromatic heterocycles. The van der Waals surface area contributed by atoms with E-state index in [-0.39, 0.29) is 18.4 Å². The Morgan fingerprint density at radius 2 is 2.08 bits per heavy atom. The molecule has 26 heavy (non-hydrogen) atoms. The molecule has 8 heteroatoms. The summed E-state index contributed by atoms with van der Waals surface area (Å²) in [5, 5.41) is 19.0. The molecule has 0 spiro atoms. The van der Waals surface area contributed by atoms with Crippen LogP contribution >= 0.6 is 0 Å². The molecule has 1 saturated carbocycles. The Bertz CT molecular complexity index is 979. The van der Waals surface area contributed by atoms with Crippen LogP contribution in [0.3, 0.4) is 0 Å². The van der Waals surface area contributed by atoms with E-state index in [4.69, 9.17) is 5.11 Å². The van der Waals surface area contributed by atoms with Crippen LogP contribution in [0.4, 0.5) is 10.1 Å². The molecule has 3 heterocycles. The Labute approximate surface area is 148 Å². The highest BCUT2D eigenvalue weighted by Gasteiger charge is 2.34. The van der Waals surface area contributed by atoms with Crippen LogP contribution in [0.5, 0.6) is 0 Å². The maximum absolute atomic E-state index is 14.9. The number of aromatic nitrogens is 2. The first kappa shape index (κ1) is 17.2. The van der Waals surface area contributed by atoms with Gasteiger partial charge in [0.25, 0.3) is 5.56 Å². The minimum absolute atomic E-state index is 0.105. The van der Waals surface area contributed by atoms with Crippen molar-refractivity contribution in [3.05, 3.63) is 44.0 Å². The van der Waals surface area contributed by atoms with Gasteiger partial charge >= 0.3 is 5.69 Å². The highest BCUT2D eigenvalue weighted by atomic mass is 19.1. The van der Waals surface area contributed by atoms with Crippen molar-refractivity contribution in [1.82, 2.24) is 9.38 Å². The second-order valence-corrected chi connectivity index (χ2v) is 7.36. The second-order valence-electron chi connectivity index (χ2n) is 7.36. The number of rotatable bonds is 4. The van der Waals surface area contributed by atoms with E-state index in [1.54, 1.807) is 6.92 Å². The number of fused-ring (bicyclic) bond motifs is 1. The highest BCUT2D eigenvalue weighted by Crippen LogP contribution is 2.42. The van der Waals surface area contributed by atoms with Crippen molar-refractivity contribution in [3.63, 3.8) is 0 Å². The van der Waals surface area contributed by atoms with Crippen LogP contribution in [0.2, 0.25) is 0 Å². The average Bonchev–Trinajstić information content (AvgIpc) is 3.32. The number of aliphatic hydroxyl groups is 2. The fourth-order valence-corrected chi connectivity index (χ4v) is 4.13. The van der Waals surface area contributed by atoms with Crippen LogP contribution in [0, 0.1) is 18.7 Å². The van der Waals surface area contributed by atoms with E-state index < -0.39 is 23.2 Å². The van der Waals surface area contributed by atoms with Gasteiger partial charge in [0.2, 0.25) is 0 Å². The zero-order valence-electron chi connectivity index (χ0n) is 14.5. The molecule has 2 unspecified atom stereocenters. The number of halogens is 1. The van der Waals surface area contributed by atoms with Crippen molar-refractivity contribution in [1.29, 1.82) is 0 Å². The van der Waals surface area contributed by atoms with Crippen molar-refractivity contribution in [2.24, 2.45) is 5.92 Å². The summed E-state index contributed by atoms with van der Waals surface area (Å²) in [5.41, 5.74) is 0.934. The lowest BCUT2D eigenvalue weighted by Crippen LogP contribution is -2.32. The van der Waals surface area contributed by atoms with Crippen molar-refractivity contribution < 1.29 is 14.6 Å². The van der Waals surface area contributed by atoms with Crippen LogP contribution < -0.4 is 16.1 Å². The molecule has 1 saturated heterocycles. The van der Waals surface area contributed by atoms with E-state index in [0.717, 1.165) is 19.0 Å². The normalized spacial score (nSPS) is 21.5. The summed E-state index contributed by atoms with van der Waals surface area (Å²) in [6, 6.07) is 0. The van der Waals surface area contributed by atoms with Gasteiger partial charge in [-0.2, -0.15) is 0 Å². The van der Waals surface area contributed by atoms with Crippen LogP contribution in [0.1, 0.15) is 36.3 Å². The number of aryl methyl sites for hydroxylation is 1. The molecule has 0 bridgehead atoms. The summed E-state index contributed by atoms with van der Waals surface area (Å²) in [7, 11) is 0. The number of hydrogen-bond donors (Lipinski definition) is 3. The van der Waals surface area contributed by atoms with Crippen LogP contribution in [-0.2, 0) is 0 Å². The fraction of sp³-hybridized carbons (Fsp3) is 0.556. The van der Waals surface area contributed by atoms with E-state index >= 15 is 0 Å². The fourth-order valence-electron chi connectivity index (χ4n) is 4.13. The lowest BCUT2D eigenvalue weighted by Gasteiger charge is -2.24. The number of anilines is 1. The minimum Gasteiger partial charge on any atom is -0.394 e. The highest BCUT2D eigenvalue weighted by molar-refractivity contribution is 5.72. The van der Waals surface area contributed by atoms with E-state index in [1.165, 1.54) is 4.40 Å². The molecule has 3 N–H and O–H groups in total. The molecule has 140 valence electrons. The second kappa shape index (κ2) is 6.21. The molecule has 7 nitrogen and oxygen atoms in total. The molecular weight excluding hydrogens is 341 g/mol. The van der Waals surface area contributed by atoms with Crippen LogP contribution in [0.25, 0.3) is 5.52 Å². The Morgan fingerprint density at radius 3 is 2.73 bits per heavy atom. The van der Waals surface area contributed by atoms with Crippen LogP contribution in [0.15, 0.2) is 15.8 Å². The summed E-state index contributed by atoms with van der Waals surface area (Å²) in [5.74, 6) is -0.571. The topological polar surface area (TPSA) is 98.0 Å². The van der Waals surface area contributed by atoms with E-state index in [9.17, 15) is 19.1 Å². The van der Waals surface area contributed by atoms with E-state index in [1.807, 2.05) is 4.90 Å². The van der Waals surface area contributed by atoms with Gasteiger partial charge in [-0.25, -0.2) is 9.18 Å². The molecule has 2 fully saturated rings. The summed E-state index contributed by atoms with van der Waals surface area (Å²) >= 11 is 0. The molecule has 0 aromatic carbocycles. The third-order valence-corrected chi connectivity index (χ3v) is 5.62. The Morgan fingerprint density at radius 1 is 1.35 bits per heavy atom. The van der Waals surface area contributed by atoms with Crippen molar-refractivity contribution >= 4 is 11.2 Å². The zero-order chi connectivity index (χ0) is 18.6. The number of nitrogens with one attached hydrogen (secondary N) is 1. The molecule has 2 aliphatic rings. The Hall–Kier alpha value is -2.19. The number of hydrogen-bond acceptors (Lipinski definition) is 5. The summed E-state index contributed by atoms with van der Waals surface area (Å²) in [4.78, 5) is 28.6. The largest absolute Gasteiger partial charge is 0.394 e. The van der Waals surface area contributed by atoms with Crippen molar-refractivity contribution in [2.75, 3.05) is 24.6 Å². The molecular formula is C18H22FN3O4. The first-order valence-electron chi connectivity index (χ1n) is 8.94. The van der Waals surface area contributed by atoms with Crippen molar-refractivity contribution in [2.45, 2.75) is 38.2 Å². The molecule has 0 radical (unpaired) electrons. The number of aromatic amines is 1. The minimum atomic E-state index is -0.837. The average molecular weight is 363 g/mol. The third kappa shape index (κ3) is 2.64. The van der Waals surface area contributed by atoms with Crippen LogP contribution in [-0.4, -0.2) is 45.4 Å². The lowest BCUT2D eigenvalue weighted by molar-refractivity contribution is 0.0545. The number of pyridine rings is 1. The molecule has 1 aliphatic heterocycles. The van der Waals surface area contributed by atoms with Gasteiger partial charge in [-0.05, 0) is 32.1 Å². The summed E-state index contributed by atoms with van der Waals surface area (Å²) in [6.07, 6.45) is 2.72. The van der Waals surface area contributed by atoms with E-state index in [0.29, 0.717) is 41.8 Å². The maximum atomic E-state index is 14.9. The summed E-state index contributed by atoms with van der Waals surface area (Å²) in [6.45, 7) is 2.37. The SMILES string of the molecule is Cc1c(N2CCC(C(O)CO)C2)c(F)cn2c(=O)[nH]c(=O)c(C3CC3)c12. The summed E-state index contributed by atoms with van der Waals surface area (Å²) < 4.78 is 16.1. The number of aliphatic hydroxyl groups excluding tert-OH is 2. The van der Waals surface area contributed by atoms with Gasteiger partial charge in [-0.15, -0.1) is 0 Å². The maximum Gasteiger partial charge on any atom is 0.333 e. The Kier molecular flexibility index (Phi) is 4.11. The first-order valence-corrected chi connectivity index (χ1v) is 8.94. The quantitative estimate of drug-likeness (QED) is 0.735. The van der Waals surface area contributed by atoms with Crippen molar-refractivity contribution in [3.8, 4) is 0 Å². The third-order valence-electron chi connectivity index (χ3n) is 5.62. The molecule has 2 atom stereocenters. The molecule has 1 aliphatic carbocycles. The predicted octanol–water partition coefficient (Wildman–Crippen LogP) is 0.492. The molecule has 4 rings (SSSR count). The number of H-pyrrole nitrogens is 1. The standard InChI is InChI=1S/C18H22FN3O4/c1-9-15(21-5-4-11(6-21)13(24)8-23)12(19)7-22-16(9)14(10-2-3-10)17(25)20-18(22)26/h7,10-11,13,23-24H,2-6,8H2,1H3,(H,20,25,26). The van der Waals surface area contributed by atoms with Gasteiger partial charge in [0, 0.05) is 30.1 Å². The van der Waals surface area contributed by atoms with E-state index in [2.05, 4.69) is 4.98 Å². The monoisotopic (exact) mass is 363 g/mol. The van der Waals surface area contributed by atoms with Gasteiger partial charge in [-0.3, -0.25) is 14.2 Å². The predicted molar refractivity (Wildman–Crippen MR) is 94.4 cm³/mol. The van der Waals surface area contributed by atoms with Gasteiger partial charge in [-0.1, -0.05) is 0 Å². The van der Waals surface area contributed by atoms with Gasteiger partial charge in [0.05, 0.1) is 30.1 Å². The van der Waals surface area contributed by atoms with Gasteiger partial charge < -0.3 is 15.1 Å². The molecule has 2 aromatic rings. The zero-order valence-corrected chi connectivity index (χ0v) is 14.5. The smallest absolute Gasteiger partial charge is 0.333 e. The van der Waals surface area contributed by atoms with Gasteiger partial charge in [0.15, 0.2) is 5.82 Å². The first-order chi connectivity index (χ1) is 12.4. The molecule has 0 amide bonds. The Balaban J connectivity index is 1.88. The number of nitrogens with zero attached hydrogens (tertiary/aromatic N) is 2. The lowest BCUT2D eigenvalue weighted by atomic mass is 10.0.